The third-order valence-corrected chi connectivity index (χ3v) is 3.72. The largest absolute Gasteiger partial charge is 0.320 e. The van der Waals surface area contributed by atoms with Crippen LogP contribution in [0.5, 0.6) is 0 Å². The van der Waals surface area contributed by atoms with Crippen LogP contribution in [-0.4, -0.2) is 0 Å². The zero-order valence-corrected chi connectivity index (χ0v) is 12.1. The molecule has 0 saturated heterocycles. The molecule has 0 aliphatic heterocycles. The lowest BCUT2D eigenvalue weighted by Gasteiger charge is -2.16. The van der Waals surface area contributed by atoms with E-state index in [-0.39, 0.29) is 5.56 Å². The lowest BCUT2D eigenvalue weighted by molar-refractivity contribution is 0.444. The Morgan fingerprint density at radius 3 is 1.95 bits per heavy atom. The first-order valence-electron chi connectivity index (χ1n) is 6.99. The maximum absolute atomic E-state index is 13.3. The average molecular weight is 293 g/mol. The van der Waals surface area contributed by atoms with Crippen LogP contribution in [0, 0.1) is 17.5 Å². The van der Waals surface area contributed by atoms with Crippen molar-refractivity contribution < 1.29 is 13.2 Å². The summed E-state index contributed by atoms with van der Waals surface area (Å²) in [5.41, 5.74) is 9.43. The summed E-state index contributed by atoms with van der Waals surface area (Å²) in [7, 11) is 0. The Morgan fingerprint density at radius 2 is 1.43 bits per heavy atom. The standard InChI is InChI=1S/C17H18F3N/c1-3-10-5-6-12(7-11(10)4-2)17(21)13-8-14(18)16(20)15(19)9-13/h5-9,17H,3-4,21H2,1-2H3. The number of aryl methyl sites for hydroxylation is 2. The molecule has 21 heavy (non-hydrogen) atoms. The molecule has 2 aromatic carbocycles. The van der Waals surface area contributed by atoms with Gasteiger partial charge in [0.1, 0.15) is 0 Å². The summed E-state index contributed by atoms with van der Waals surface area (Å²) in [6.07, 6.45) is 1.77. The van der Waals surface area contributed by atoms with Gasteiger partial charge in [0.15, 0.2) is 17.5 Å². The van der Waals surface area contributed by atoms with Gasteiger partial charge in [-0.1, -0.05) is 32.0 Å². The topological polar surface area (TPSA) is 26.0 Å². The molecular weight excluding hydrogens is 275 g/mol. The van der Waals surface area contributed by atoms with Crippen molar-refractivity contribution in [2.45, 2.75) is 32.7 Å². The third kappa shape index (κ3) is 3.10. The van der Waals surface area contributed by atoms with E-state index < -0.39 is 23.5 Å². The van der Waals surface area contributed by atoms with Crippen molar-refractivity contribution in [3.8, 4) is 0 Å². The summed E-state index contributed by atoms with van der Waals surface area (Å²) in [5.74, 6) is -3.91. The van der Waals surface area contributed by atoms with Crippen LogP contribution in [0.3, 0.4) is 0 Å². The first-order chi connectivity index (χ1) is 9.97. The molecule has 0 aromatic heterocycles. The van der Waals surface area contributed by atoms with Gasteiger partial charge in [-0.25, -0.2) is 13.2 Å². The lowest BCUT2D eigenvalue weighted by Crippen LogP contribution is -2.14. The Kier molecular flexibility index (Phi) is 4.68. The molecule has 0 bridgehead atoms. The van der Waals surface area contributed by atoms with Crippen LogP contribution in [0.2, 0.25) is 0 Å². The van der Waals surface area contributed by atoms with E-state index in [0.717, 1.165) is 36.1 Å². The second-order valence-corrected chi connectivity index (χ2v) is 5.01. The molecule has 2 N–H and O–H groups in total. The van der Waals surface area contributed by atoms with Crippen molar-refractivity contribution in [1.82, 2.24) is 0 Å². The maximum atomic E-state index is 13.3. The fraction of sp³-hybridized carbons (Fsp3) is 0.294. The van der Waals surface area contributed by atoms with Crippen molar-refractivity contribution in [1.29, 1.82) is 0 Å². The summed E-state index contributed by atoms with van der Waals surface area (Å²) >= 11 is 0. The Hall–Kier alpha value is -1.81. The molecule has 1 unspecified atom stereocenters. The van der Waals surface area contributed by atoms with E-state index in [1.807, 2.05) is 25.1 Å². The number of nitrogens with two attached hydrogens (primary N) is 1. The zero-order chi connectivity index (χ0) is 15.6. The van der Waals surface area contributed by atoms with Crippen LogP contribution in [0.4, 0.5) is 13.2 Å². The van der Waals surface area contributed by atoms with Crippen molar-refractivity contribution >= 4 is 0 Å². The van der Waals surface area contributed by atoms with Crippen LogP contribution >= 0.6 is 0 Å². The maximum Gasteiger partial charge on any atom is 0.194 e. The third-order valence-electron chi connectivity index (χ3n) is 3.72. The lowest BCUT2D eigenvalue weighted by atomic mass is 9.93. The normalized spacial score (nSPS) is 12.5. The molecule has 112 valence electrons. The summed E-state index contributed by atoms with van der Waals surface area (Å²) < 4.78 is 39.6. The molecule has 2 rings (SSSR count). The second-order valence-electron chi connectivity index (χ2n) is 5.01. The van der Waals surface area contributed by atoms with Gasteiger partial charge in [-0.3, -0.25) is 0 Å². The van der Waals surface area contributed by atoms with E-state index >= 15 is 0 Å². The SMILES string of the molecule is CCc1ccc(C(N)c2cc(F)c(F)c(F)c2)cc1CC. The fourth-order valence-electron chi connectivity index (χ4n) is 2.46. The highest BCUT2D eigenvalue weighted by atomic mass is 19.2. The first kappa shape index (κ1) is 15.6. The Labute approximate surface area is 122 Å². The molecular formula is C17H18F3N. The molecule has 0 saturated carbocycles. The summed E-state index contributed by atoms with van der Waals surface area (Å²) in [6.45, 7) is 4.11. The van der Waals surface area contributed by atoms with Gasteiger partial charge in [-0.05, 0) is 47.2 Å². The van der Waals surface area contributed by atoms with E-state index in [0.29, 0.717) is 0 Å². The summed E-state index contributed by atoms with van der Waals surface area (Å²) in [6, 6.07) is 6.98. The molecule has 2 aromatic rings. The molecule has 0 spiro atoms. The fourth-order valence-corrected chi connectivity index (χ4v) is 2.46. The van der Waals surface area contributed by atoms with E-state index in [1.165, 1.54) is 5.56 Å². The second kappa shape index (κ2) is 6.31. The van der Waals surface area contributed by atoms with E-state index in [2.05, 4.69) is 6.92 Å². The van der Waals surface area contributed by atoms with Crippen molar-refractivity contribution in [2.75, 3.05) is 0 Å². The quantitative estimate of drug-likeness (QED) is 0.837. The Balaban J connectivity index is 2.42. The highest BCUT2D eigenvalue weighted by molar-refractivity contribution is 5.38. The minimum absolute atomic E-state index is 0.220. The predicted molar refractivity (Wildman–Crippen MR) is 77.5 cm³/mol. The molecule has 0 aliphatic rings. The Morgan fingerprint density at radius 1 is 0.857 bits per heavy atom. The van der Waals surface area contributed by atoms with Gasteiger partial charge in [0, 0.05) is 0 Å². The summed E-state index contributed by atoms with van der Waals surface area (Å²) in [5, 5.41) is 0. The van der Waals surface area contributed by atoms with Crippen LogP contribution < -0.4 is 5.73 Å². The summed E-state index contributed by atoms with van der Waals surface area (Å²) in [4.78, 5) is 0. The van der Waals surface area contributed by atoms with Crippen LogP contribution in [0.15, 0.2) is 30.3 Å². The minimum Gasteiger partial charge on any atom is -0.320 e. The molecule has 0 fully saturated rings. The van der Waals surface area contributed by atoms with Crippen molar-refractivity contribution in [2.24, 2.45) is 5.73 Å². The smallest absolute Gasteiger partial charge is 0.194 e. The molecule has 0 radical (unpaired) electrons. The van der Waals surface area contributed by atoms with Crippen molar-refractivity contribution in [3.63, 3.8) is 0 Å². The average Bonchev–Trinajstić information content (AvgIpc) is 2.50. The molecule has 0 aliphatic carbocycles. The van der Waals surface area contributed by atoms with Gasteiger partial charge < -0.3 is 5.73 Å². The van der Waals surface area contributed by atoms with Gasteiger partial charge in [0.25, 0.3) is 0 Å². The van der Waals surface area contributed by atoms with Crippen molar-refractivity contribution in [3.05, 3.63) is 70.0 Å². The number of rotatable bonds is 4. The van der Waals surface area contributed by atoms with Gasteiger partial charge in [0.05, 0.1) is 6.04 Å². The van der Waals surface area contributed by atoms with E-state index in [1.54, 1.807) is 0 Å². The van der Waals surface area contributed by atoms with Crippen LogP contribution in [-0.2, 0) is 12.8 Å². The zero-order valence-electron chi connectivity index (χ0n) is 12.1. The number of hydrogen-bond acceptors (Lipinski definition) is 1. The molecule has 1 nitrogen and oxygen atoms in total. The Bertz CT molecular complexity index is 629. The number of hydrogen-bond donors (Lipinski definition) is 1. The highest BCUT2D eigenvalue weighted by Crippen LogP contribution is 2.25. The minimum atomic E-state index is -1.47. The van der Waals surface area contributed by atoms with Gasteiger partial charge >= 0.3 is 0 Å². The van der Waals surface area contributed by atoms with Gasteiger partial charge in [-0.2, -0.15) is 0 Å². The number of benzene rings is 2. The van der Waals surface area contributed by atoms with E-state index in [4.69, 9.17) is 5.73 Å². The molecule has 0 heterocycles. The molecule has 1 atom stereocenters. The predicted octanol–water partition coefficient (Wildman–Crippen LogP) is 4.28. The van der Waals surface area contributed by atoms with Crippen LogP contribution in [0.1, 0.15) is 42.1 Å². The van der Waals surface area contributed by atoms with E-state index in [9.17, 15) is 13.2 Å². The number of halogens is 3. The first-order valence-corrected chi connectivity index (χ1v) is 6.99. The monoisotopic (exact) mass is 293 g/mol. The van der Waals surface area contributed by atoms with Gasteiger partial charge in [-0.15, -0.1) is 0 Å². The molecule has 0 amide bonds. The highest BCUT2D eigenvalue weighted by Gasteiger charge is 2.16. The van der Waals surface area contributed by atoms with Gasteiger partial charge in [0.2, 0.25) is 0 Å². The molecule has 4 heteroatoms. The van der Waals surface area contributed by atoms with Crippen LogP contribution in [0.25, 0.3) is 0 Å².